The van der Waals surface area contributed by atoms with Crippen molar-refractivity contribution >= 4 is 13.4 Å². The standard InChI is InChI=1S/C11H9B/c1-8-7-10(11(8)12)9-5-3-2-4-6-9/h2-7,11H,1H2. The first-order valence-corrected chi connectivity index (χ1v) is 4.00. The van der Waals surface area contributed by atoms with Gasteiger partial charge in [0.15, 0.2) is 0 Å². The molecule has 12 heavy (non-hydrogen) atoms. The average molecular weight is 152 g/mol. The van der Waals surface area contributed by atoms with E-state index in [1.165, 1.54) is 11.1 Å². The molecule has 0 nitrogen and oxygen atoms in total. The zero-order valence-corrected chi connectivity index (χ0v) is 6.83. The minimum Gasteiger partial charge on any atom is -0.0960 e. The molecule has 0 aromatic heterocycles. The molecular weight excluding hydrogens is 143 g/mol. The molecule has 0 amide bonds. The molecule has 1 aromatic rings. The van der Waals surface area contributed by atoms with Crippen LogP contribution in [0.3, 0.4) is 0 Å². The van der Waals surface area contributed by atoms with Gasteiger partial charge in [0.25, 0.3) is 0 Å². The molecule has 1 aliphatic rings. The van der Waals surface area contributed by atoms with Crippen molar-refractivity contribution in [2.75, 3.05) is 0 Å². The lowest BCUT2D eigenvalue weighted by molar-refractivity contribution is 1.21. The molecule has 1 heteroatoms. The Morgan fingerprint density at radius 2 is 1.83 bits per heavy atom. The zero-order valence-electron chi connectivity index (χ0n) is 6.83. The predicted octanol–water partition coefficient (Wildman–Crippen LogP) is 2.60. The molecule has 1 unspecified atom stereocenters. The summed E-state index contributed by atoms with van der Waals surface area (Å²) in [7, 11) is 5.83. The molecule has 56 valence electrons. The monoisotopic (exact) mass is 152 g/mol. The van der Waals surface area contributed by atoms with Gasteiger partial charge in [0.1, 0.15) is 0 Å². The third-order valence-electron chi connectivity index (χ3n) is 2.18. The Labute approximate surface area is 74.0 Å². The second-order valence-electron chi connectivity index (χ2n) is 3.02. The maximum absolute atomic E-state index is 5.83. The van der Waals surface area contributed by atoms with Gasteiger partial charge in [0.05, 0.1) is 7.85 Å². The Kier molecular flexibility index (Phi) is 1.65. The number of rotatable bonds is 1. The fourth-order valence-electron chi connectivity index (χ4n) is 1.38. The van der Waals surface area contributed by atoms with E-state index < -0.39 is 0 Å². The van der Waals surface area contributed by atoms with E-state index in [4.69, 9.17) is 7.85 Å². The van der Waals surface area contributed by atoms with Crippen LogP contribution in [0.15, 0.2) is 48.6 Å². The minimum atomic E-state index is 0.0485. The van der Waals surface area contributed by atoms with E-state index in [0.29, 0.717) is 0 Å². The molecule has 2 rings (SSSR count). The van der Waals surface area contributed by atoms with Crippen LogP contribution in [-0.2, 0) is 0 Å². The first-order valence-electron chi connectivity index (χ1n) is 4.00. The lowest BCUT2D eigenvalue weighted by Gasteiger charge is -2.26. The highest BCUT2D eigenvalue weighted by molar-refractivity contribution is 6.24. The van der Waals surface area contributed by atoms with Crippen LogP contribution in [0.1, 0.15) is 5.56 Å². The molecule has 1 aromatic carbocycles. The minimum absolute atomic E-state index is 0.0485. The molecule has 0 saturated heterocycles. The molecule has 2 radical (unpaired) electrons. The maximum Gasteiger partial charge on any atom is 0.0828 e. The Morgan fingerprint density at radius 3 is 2.33 bits per heavy atom. The Bertz CT molecular complexity index is 335. The van der Waals surface area contributed by atoms with Crippen molar-refractivity contribution in [1.82, 2.24) is 0 Å². The summed E-state index contributed by atoms with van der Waals surface area (Å²) in [5.74, 6) is 0.0485. The second kappa shape index (κ2) is 2.67. The summed E-state index contributed by atoms with van der Waals surface area (Å²) in [5.41, 5.74) is 3.42. The molecule has 0 heterocycles. The molecule has 0 aliphatic heterocycles. The van der Waals surface area contributed by atoms with Crippen molar-refractivity contribution < 1.29 is 0 Å². The van der Waals surface area contributed by atoms with Crippen LogP contribution in [0.5, 0.6) is 0 Å². The molecule has 0 spiro atoms. The van der Waals surface area contributed by atoms with Crippen molar-refractivity contribution in [1.29, 1.82) is 0 Å². The van der Waals surface area contributed by atoms with E-state index in [9.17, 15) is 0 Å². The average Bonchev–Trinajstić information content (AvgIpc) is 2.15. The van der Waals surface area contributed by atoms with E-state index in [-0.39, 0.29) is 5.82 Å². The molecule has 0 bridgehead atoms. The number of hydrogen-bond donors (Lipinski definition) is 0. The summed E-state index contributed by atoms with van der Waals surface area (Å²) < 4.78 is 0. The van der Waals surface area contributed by atoms with Gasteiger partial charge in [0.2, 0.25) is 0 Å². The summed E-state index contributed by atoms with van der Waals surface area (Å²) in [6.07, 6.45) is 2.04. The summed E-state index contributed by atoms with van der Waals surface area (Å²) in [6, 6.07) is 10.2. The molecule has 1 aliphatic carbocycles. The zero-order chi connectivity index (χ0) is 8.55. The fraction of sp³-hybridized carbons (Fsp3) is 0.0909. The van der Waals surface area contributed by atoms with Crippen molar-refractivity contribution in [3.63, 3.8) is 0 Å². The van der Waals surface area contributed by atoms with Gasteiger partial charge in [0, 0.05) is 0 Å². The normalized spacial score (nSPS) is 21.5. The van der Waals surface area contributed by atoms with Crippen LogP contribution >= 0.6 is 0 Å². The molecule has 0 fully saturated rings. The molecular formula is C11H9B. The SMILES string of the molecule is [B]C1C(=C)C=C1c1ccccc1. The summed E-state index contributed by atoms with van der Waals surface area (Å²) in [5, 5.41) is 0. The summed E-state index contributed by atoms with van der Waals surface area (Å²) >= 11 is 0. The first-order chi connectivity index (χ1) is 5.79. The quantitative estimate of drug-likeness (QED) is 0.542. The summed E-state index contributed by atoms with van der Waals surface area (Å²) in [4.78, 5) is 0. The maximum atomic E-state index is 5.83. The van der Waals surface area contributed by atoms with E-state index in [1.54, 1.807) is 0 Å². The highest BCUT2D eigenvalue weighted by Gasteiger charge is 2.20. The van der Waals surface area contributed by atoms with Gasteiger partial charge in [-0.2, -0.15) is 0 Å². The Morgan fingerprint density at radius 1 is 1.17 bits per heavy atom. The van der Waals surface area contributed by atoms with Gasteiger partial charge in [-0.25, -0.2) is 0 Å². The van der Waals surface area contributed by atoms with Crippen LogP contribution in [0, 0.1) is 0 Å². The summed E-state index contributed by atoms with van der Waals surface area (Å²) in [6.45, 7) is 3.82. The van der Waals surface area contributed by atoms with Gasteiger partial charge in [-0.05, 0) is 17.0 Å². The lowest BCUT2D eigenvalue weighted by Crippen LogP contribution is -2.07. The number of hydrogen-bond acceptors (Lipinski definition) is 0. The van der Waals surface area contributed by atoms with Crippen LogP contribution in [0.25, 0.3) is 5.57 Å². The predicted molar refractivity (Wildman–Crippen MR) is 53.1 cm³/mol. The van der Waals surface area contributed by atoms with E-state index in [0.717, 1.165) is 5.57 Å². The highest BCUT2D eigenvalue weighted by atomic mass is 14.2. The number of benzene rings is 1. The fourth-order valence-corrected chi connectivity index (χ4v) is 1.38. The van der Waals surface area contributed by atoms with Gasteiger partial charge >= 0.3 is 0 Å². The van der Waals surface area contributed by atoms with E-state index in [1.807, 2.05) is 24.3 Å². The first kappa shape index (κ1) is 7.42. The Hall–Kier alpha value is -1.24. The number of allylic oxidation sites excluding steroid dienone is 3. The van der Waals surface area contributed by atoms with Crippen molar-refractivity contribution in [3.8, 4) is 0 Å². The van der Waals surface area contributed by atoms with Crippen molar-refractivity contribution in [3.05, 3.63) is 54.1 Å². The molecule has 0 saturated carbocycles. The molecule has 1 atom stereocenters. The van der Waals surface area contributed by atoms with Gasteiger partial charge in [-0.15, -0.1) is 0 Å². The molecule has 0 N–H and O–H groups in total. The highest BCUT2D eigenvalue weighted by Crippen LogP contribution is 2.41. The Balaban J connectivity index is 2.35. The largest absolute Gasteiger partial charge is 0.0960 e. The van der Waals surface area contributed by atoms with Crippen LogP contribution in [-0.4, -0.2) is 7.85 Å². The van der Waals surface area contributed by atoms with Gasteiger partial charge in [-0.1, -0.05) is 48.6 Å². The third kappa shape index (κ3) is 1.02. The van der Waals surface area contributed by atoms with E-state index in [2.05, 4.69) is 18.7 Å². The van der Waals surface area contributed by atoms with Gasteiger partial charge < -0.3 is 0 Å². The van der Waals surface area contributed by atoms with Crippen molar-refractivity contribution in [2.45, 2.75) is 5.82 Å². The second-order valence-corrected chi connectivity index (χ2v) is 3.02. The smallest absolute Gasteiger partial charge is 0.0828 e. The van der Waals surface area contributed by atoms with Gasteiger partial charge in [-0.3, -0.25) is 0 Å². The lowest BCUT2D eigenvalue weighted by atomic mass is 9.65. The van der Waals surface area contributed by atoms with Crippen LogP contribution in [0.4, 0.5) is 0 Å². The van der Waals surface area contributed by atoms with Crippen LogP contribution in [0.2, 0.25) is 5.82 Å². The van der Waals surface area contributed by atoms with E-state index >= 15 is 0 Å². The third-order valence-corrected chi connectivity index (χ3v) is 2.18. The van der Waals surface area contributed by atoms with Crippen LogP contribution < -0.4 is 0 Å². The topological polar surface area (TPSA) is 0 Å². The van der Waals surface area contributed by atoms with Crippen molar-refractivity contribution in [2.24, 2.45) is 0 Å².